The van der Waals surface area contributed by atoms with E-state index in [2.05, 4.69) is 48.8 Å². The van der Waals surface area contributed by atoms with Crippen LogP contribution in [0.2, 0.25) is 23.3 Å². The maximum Gasteiger partial charge on any atom is 0.410 e. The predicted molar refractivity (Wildman–Crippen MR) is 203 cm³/mol. The number of hydrogen-bond acceptors (Lipinski definition) is 10. The summed E-state index contributed by atoms with van der Waals surface area (Å²) in [5.74, 6) is -4.57. The van der Waals surface area contributed by atoms with Gasteiger partial charge in [0.15, 0.2) is 36.5 Å². The van der Waals surface area contributed by atoms with Gasteiger partial charge in [0.05, 0.1) is 17.6 Å². The number of carbonyl (C=O) groups excluding carboxylic acids is 1. The Morgan fingerprint density at radius 2 is 1.65 bits per heavy atom. The first-order chi connectivity index (χ1) is 25.0. The van der Waals surface area contributed by atoms with Gasteiger partial charge in [-0.15, -0.1) is 0 Å². The number of rotatable bonds is 8. The Hall–Kier alpha value is -4.41. The molecule has 12 nitrogen and oxygen atoms in total. The smallest absolute Gasteiger partial charge is 0.410 e. The summed E-state index contributed by atoms with van der Waals surface area (Å²) in [5.41, 5.74) is -3.65. The molecular weight excluding hydrogens is 745 g/mol. The van der Waals surface area contributed by atoms with Crippen LogP contribution >= 0.6 is 11.6 Å². The summed E-state index contributed by atoms with van der Waals surface area (Å²) in [7, 11) is -2.13. The summed E-state index contributed by atoms with van der Waals surface area (Å²) in [6.45, 7) is 20.0. The normalized spacial score (nSPS) is 16.9. The minimum atomic E-state index is -2.13. The summed E-state index contributed by atoms with van der Waals surface area (Å²) in [6, 6.07) is 2.97. The number of pyridine rings is 2. The van der Waals surface area contributed by atoms with Crippen LogP contribution in [0.1, 0.15) is 55.4 Å². The van der Waals surface area contributed by atoms with Crippen LogP contribution < -0.4 is 15.3 Å². The van der Waals surface area contributed by atoms with E-state index in [1.165, 1.54) is 12.3 Å². The van der Waals surface area contributed by atoms with Crippen molar-refractivity contribution in [2.75, 3.05) is 31.2 Å². The fourth-order valence-electron chi connectivity index (χ4n) is 5.86. The van der Waals surface area contributed by atoms with Crippen molar-refractivity contribution >= 4 is 42.9 Å². The number of anilines is 1. The van der Waals surface area contributed by atoms with E-state index < -0.39 is 72.2 Å². The molecule has 2 atom stereocenters. The van der Waals surface area contributed by atoms with Gasteiger partial charge in [0, 0.05) is 37.4 Å². The van der Waals surface area contributed by atoms with Crippen LogP contribution in [0.15, 0.2) is 35.3 Å². The highest BCUT2D eigenvalue weighted by molar-refractivity contribution is 6.74. The summed E-state index contributed by atoms with van der Waals surface area (Å²) in [5, 5.41) is 10.3. The molecule has 1 aliphatic heterocycles. The van der Waals surface area contributed by atoms with Gasteiger partial charge in [-0.05, 0) is 71.0 Å². The van der Waals surface area contributed by atoms with E-state index in [-0.39, 0.29) is 64.8 Å². The van der Waals surface area contributed by atoms with E-state index in [1.807, 2.05) is 0 Å². The number of carbonyl (C=O) groups is 1. The van der Waals surface area contributed by atoms with Gasteiger partial charge in [0.1, 0.15) is 41.0 Å². The molecule has 0 radical (unpaired) electrons. The topological polar surface area (TPSA) is 132 Å². The van der Waals surface area contributed by atoms with Crippen molar-refractivity contribution in [1.82, 2.24) is 24.4 Å². The summed E-state index contributed by atoms with van der Waals surface area (Å²) >= 11 is 6.65. The minimum absolute atomic E-state index is 0.0101. The zero-order chi connectivity index (χ0) is 40.1. The number of phenols is 1. The van der Waals surface area contributed by atoms with Crippen LogP contribution in [0.3, 0.4) is 0 Å². The molecule has 17 heteroatoms. The molecule has 0 saturated carbocycles. The van der Waals surface area contributed by atoms with Gasteiger partial charge in [0.2, 0.25) is 0 Å². The molecule has 54 heavy (non-hydrogen) atoms. The maximum absolute atomic E-state index is 16.2. The Morgan fingerprint density at radius 1 is 0.981 bits per heavy atom. The van der Waals surface area contributed by atoms with Crippen LogP contribution in [-0.4, -0.2) is 87.9 Å². The Balaban J connectivity index is 1.68. The second kappa shape index (κ2) is 15.0. The average Bonchev–Trinajstić information content (AvgIpc) is 3.05. The van der Waals surface area contributed by atoms with Crippen molar-refractivity contribution in [2.45, 2.75) is 91.2 Å². The molecule has 1 aliphatic rings. The molecule has 0 spiro atoms. The van der Waals surface area contributed by atoms with E-state index in [4.69, 9.17) is 25.5 Å². The highest BCUT2D eigenvalue weighted by atomic mass is 35.5. The quantitative estimate of drug-likeness (QED) is 0.107. The number of fused-ring (bicyclic) bond motifs is 1. The van der Waals surface area contributed by atoms with Crippen LogP contribution in [0.5, 0.6) is 11.5 Å². The van der Waals surface area contributed by atoms with E-state index in [1.54, 1.807) is 44.4 Å². The molecule has 4 heterocycles. The fraction of sp³-hybridized carbons (Fsp3) is 0.486. The highest BCUT2D eigenvalue weighted by Crippen LogP contribution is 2.40. The van der Waals surface area contributed by atoms with Gasteiger partial charge < -0.3 is 28.8 Å². The molecule has 1 N–H and O–H groups in total. The maximum atomic E-state index is 16.2. The van der Waals surface area contributed by atoms with Crippen molar-refractivity contribution in [3.05, 3.63) is 63.6 Å². The van der Waals surface area contributed by atoms with Gasteiger partial charge in [-0.25, -0.2) is 37.3 Å². The standard InChI is InChI=1S/C37H46ClF3N6O6Si/c1-20-19-46(35(50)53-36(3,4)5)21(2)18-45(20)32-22-17-25(41)28(27-23(39)11-12-24(40)30(27)48)43-33(22)47(34(49)44-32)29-26(13-14-42-31(29)38)51-15-16-52-54(9,10)37(6,7)8/h11-14,17,20-21,48H,15-16,18-19H2,1-10H3/t20-,21-/m0/s1. The zero-order valence-electron chi connectivity index (χ0n) is 32.1. The predicted octanol–water partition coefficient (Wildman–Crippen LogP) is 7.85. The van der Waals surface area contributed by atoms with Crippen LogP contribution in [0.4, 0.5) is 23.8 Å². The SMILES string of the molecule is C[C@H]1CN(c2nc(=O)n(-c3c(OCCO[Si](C)(C)C(C)(C)C)ccnc3Cl)c3nc(-c4c(F)ccc(F)c4O)c(F)cc23)[C@@H](C)CN1C(=O)OC(C)(C)C. The number of aromatic nitrogens is 4. The average molecular weight is 791 g/mol. The lowest BCUT2D eigenvalue weighted by Crippen LogP contribution is -2.59. The van der Waals surface area contributed by atoms with E-state index in [0.29, 0.717) is 6.07 Å². The molecule has 0 unspecified atom stereocenters. The Labute approximate surface area is 318 Å². The van der Waals surface area contributed by atoms with E-state index in [9.17, 15) is 19.1 Å². The molecule has 1 saturated heterocycles. The third-order valence-corrected chi connectivity index (χ3v) is 14.5. The Kier molecular flexibility index (Phi) is 11.3. The number of ether oxygens (including phenoxy) is 2. The fourth-order valence-corrected chi connectivity index (χ4v) is 7.12. The molecule has 292 valence electrons. The lowest BCUT2D eigenvalue weighted by Gasteiger charge is -2.44. The lowest BCUT2D eigenvalue weighted by atomic mass is 10.1. The van der Waals surface area contributed by atoms with Crippen molar-refractivity contribution in [2.24, 2.45) is 0 Å². The third-order valence-electron chi connectivity index (χ3n) is 9.68. The van der Waals surface area contributed by atoms with Gasteiger partial charge in [0.25, 0.3) is 0 Å². The molecular formula is C37H46ClF3N6O6Si. The van der Waals surface area contributed by atoms with Gasteiger partial charge in [-0.2, -0.15) is 4.98 Å². The molecule has 4 aromatic rings. The molecule has 1 fully saturated rings. The molecule has 0 bridgehead atoms. The minimum Gasteiger partial charge on any atom is -0.504 e. The number of nitrogens with zero attached hydrogens (tertiary/aromatic N) is 6. The van der Waals surface area contributed by atoms with Crippen LogP contribution in [-0.2, 0) is 9.16 Å². The molecule has 1 amide bonds. The summed E-state index contributed by atoms with van der Waals surface area (Å²) in [4.78, 5) is 43.6. The van der Waals surface area contributed by atoms with Gasteiger partial charge in [-0.1, -0.05) is 32.4 Å². The summed E-state index contributed by atoms with van der Waals surface area (Å²) < 4.78 is 64.8. The summed E-state index contributed by atoms with van der Waals surface area (Å²) in [6.07, 6.45) is 0.856. The van der Waals surface area contributed by atoms with Crippen molar-refractivity contribution < 1.29 is 37.0 Å². The Morgan fingerprint density at radius 3 is 2.30 bits per heavy atom. The highest BCUT2D eigenvalue weighted by Gasteiger charge is 2.38. The van der Waals surface area contributed by atoms with Gasteiger partial charge in [-0.3, -0.25) is 0 Å². The number of amides is 1. The van der Waals surface area contributed by atoms with Crippen molar-refractivity contribution in [1.29, 1.82) is 0 Å². The Bertz CT molecular complexity index is 2140. The molecule has 5 rings (SSSR count). The third kappa shape index (κ3) is 8.15. The zero-order valence-corrected chi connectivity index (χ0v) is 33.8. The first kappa shape index (κ1) is 40.8. The van der Waals surface area contributed by atoms with Crippen LogP contribution in [0, 0.1) is 17.5 Å². The van der Waals surface area contributed by atoms with E-state index in [0.717, 1.165) is 16.7 Å². The van der Waals surface area contributed by atoms with Crippen molar-refractivity contribution in [3.8, 4) is 28.4 Å². The number of hydrogen-bond donors (Lipinski definition) is 1. The molecule has 0 aliphatic carbocycles. The number of phenolic OH excluding ortho intramolecular Hbond substituents is 1. The van der Waals surface area contributed by atoms with E-state index >= 15 is 8.78 Å². The number of aromatic hydroxyl groups is 1. The number of piperazine rings is 1. The van der Waals surface area contributed by atoms with Gasteiger partial charge >= 0.3 is 11.8 Å². The molecule has 3 aromatic heterocycles. The second-order valence-corrected chi connectivity index (χ2v) is 21.1. The van der Waals surface area contributed by atoms with Crippen LogP contribution in [0.25, 0.3) is 28.0 Å². The molecule has 1 aromatic carbocycles. The number of benzene rings is 1. The first-order valence-corrected chi connectivity index (χ1v) is 20.8. The van der Waals surface area contributed by atoms with Crippen molar-refractivity contribution in [3.63, 3.8) is 0 Å². The number of halogens is 4. The lowest BCUT2D eigenvalue weighted by molar-refractivity contribution is 0.0130. The first-order valence-electron chi connectivity index (χ1n) is 17.5. The second-order valence-electron chi connectivity index (χ2n) is 15.9. The monoisotopic (exact) mass is 790 g/mol. The largest absolute Gasteiger partial charge is 0.504 e.